The molecule has 1 saturated heterocycles. The summed E-state index contributed by atoms with van der Waals surface area (Å²) in [5.41, 5.74) is 2.04. The van der Waals surface area contributed by atoms with Crippen molar-refractivity contribution in [3.8, 4) is 11.5 Å². The van der Waals surface area contributed by atoms with Crippen LogP contribution in [-0.4, -0.2) is 53.1 Å². The Bertz CT molecular complexity index is 1170. The molecule has 2 N–H and O–H groups in total. The fraction of sp³-hybridized carbons (Fsp3) is 0.613. The van der Waals surface area contributed by atoms with Gasteiger partial charge in [0.1, 0.15) is 11.7 Å². The predicted molar refractivity (Wildman–Crippen MR) is 138 cm³/mol. The molecule has 3 aliphatic carbocycles. The van der Waals surface area contributed by atoms with Crippen LogP contribution in [0.3, 0.4) is 0 Å². The Morgan fingerprint density at radius 3 is 2.64 bits per heavy atom. The number of aliphatic hydroxyl groups excluding tert-OH is 1. The lowest BCUT2D eigenvalue weighted by Gasteiger charge is -2.67. The van der Waals surface area contributed by atoms with E-state index in [0.717, 1.165) is 43.7 Å². The van der Waals surface area contributed by atoms with Crippen LogP contribution in [-0.2, 0) is 16.6 Å². The minimum Gasteiger partial charge on any atom is -0.504 e. The van der Waals surface area contributed by atoms with Gasteiger partial charge in [-0.2, -0.15) is 0 Å². The Morgan fingerprint density at radius 2 is 1.94 bits per heavy atom. The highest BCUT2D eigenvalue weighted by Gasteiger charge is 2.75. The Balaban J connectivity index is 1.43. The van der Waals surface area contributed by atoms with Crippen LogP contribution >= 0.6 is 0 Å². The third-order valence-electron chi connectivity index (χ3n) is 11.1. The van der Waals surface area contributed by atoms with E-state index in [-0.39, 0.29) is 17.3 Å². The lowest BCUT2D eigenvalue weighted by Crippen LogP contribution is -2.76. The van der Waals surface area contributed by atoms with E-state index in [1.54, 1.807) is 7.11 Å². The maximum Gasteiger partial charge on any atom is 0.165 e. The van der Waals surface area contributed by atoms with Crippen LogP contribution in [0.4, 0.5) is 0 Å². The Labute approximate surface area is 214 Å². The molecule has 2 bridgehead atoms. The number of phenols is 1. The number of rotatable bonds is 6. The van der Waals surface area contributed by atoms with Gasteiger partial charge in [-0.3, -0.25) is 4.90 Å². The van der Waals surface area contributed by atoms with Gasteiger partial charge in [-0.25, -0.2) is 0 Å². The van der Waals surface area contributed by atoms with Crippen LogP contribution in [0.25, 0.3) is 0 Å². The summed E-state index contributed by atoms with van der Waals surface area (Å²) in [7, 11) is 1.80. The van der Waals surface area contributed by atoms with E-state index >= 15 is 0 Å². The molecular weight excluding hydrogens is 450 g/mol. The second-order valence-electron chi connectivity index (χ2n) is 12.4. The second kappa shape index (κ2) is 7.72. The first-order valence-electron chi connectivity index (χ1n) is 13.9. The lowest BCUT2D eigenvalue weighted by molar-refractivity contribution is -0.264. The predicted octanol–water partition coefficient (Wildman–Crippen LogP) is 4.99. The van der Waals surface area contributed by atoms with Gasteiger partial charge in [0.15, 0.2) is 11.5 Å². The lowest BCUT2D eigenvalue weighted by atomic mass is 9.42. The van der Waals surface area contributed by atoms with Crippen molar-refractivity contribution in [3.63, 3.8) is 0 Å². The molecule has 2 saturated carbocycles. The van der Waals surface area contributed by atoms with E-state index in [0.29, 0.717) is 17.7 Å². The molecule has 2 aliphatic heterocycles. The number of aliphatic hydroxyl groups is 1. The molecule has 5 heteroatoms. The van der Waals surface area contributed by atoms with Crippen LogP contribution in [0, 0.1) is 17.3 Å². The minimum atomic E-state index is -0.706. The quantitative estimate of drug-likeness (QED) is 0.599. The van der Waals surface area contributed by atoms with Crippen molar-refractivity contribution in [2.75, 3.05) is 20.2 Å². The number of hydrogen-bond donors (Lipinski definition) is 2. The van der Waals surface area contributed by atoms with E-state index in [4.69, 9.17) is 9.47 Å². The Hall–Kier alpha value is -2.08. The molecule has 2 aromatic rings. The zero-order valence-corrected chi connectivity index (χ0v) is 21.7. The number of likely N-dealkylation sites (tertiary alicyclic amines) is 1. The van der Waals surface area contributed by atoms with Gasteiger partial charge in [0, 0.05) is 36.1 Å². The van der Waals surface area contributed by atoms with Crippen molar-refractivity contribution in [2.24, 2.45) is 17.3 Å². The smallest absolute Gasteiger partial charge is 0.165 e. The zero-order valence-electron chi connectivity index (χ0n) is 21.7. The van der Waals surface area contributed by atoms with Gasteiger partial charge in [-0.05, 0) is 74.1 Å². The minimum absolute atomic E-state index is 0.200. The molecular formula is C31H39NO4. The number of ether oxygens (including phenoxy) is 2. The molecule has 1 spiro atoms. The molecule has 0 aromatic heterocycles. The van der Waals surface area contributed by atoms with Gasteiger partial charge in [-0.15, -0.1) is 0 Å². The average Bonchev–Trinajstić information content (AvgIpc) is 3.65. The fourth-order valence-corrected chi connectivity index (χ4v) is 9.21. The highest BCUT2D eigenvalue weighted by Crippen LogP contribution is 2.71. The van der Waals surface area contributed by atoms with Gasteiger partial charge in [0.25, 0.3) is 0 Å². The fourth-order valence-electron chi connectivity index (χ4n) is 9.21. The van der Waals surface area contributed by atoms with Crippen molar-refractivity contribution < 1.29 is 19.7 Å². The maximum atomic E-state index is 12.1. The van der Waals surface area contributed by atoms with Crippen LogP contribution in [0.5, 0.6) is 11.5 Å². The van der Waals surface area contributed by atoms with Crippen molar-refractivity contribution in [1.29, 1.82) is 0 Å². The summed E-state index contributed by atoms with van der Waals surface area (Å²) in [6.07, 6.45) is 5.36. The van der Waals surface area contributed by atoms with Crippen molar-refractivity contribution in [1.82, 2.24) is 4.90 Å². The first-order valence-corrected chi connectivity index (χ1v) is 13.9. The monoisotopic (exact) mass is 489 g/mol. The van der Waals surface area contributed by atoms with E-state index in [9.17, 15) is 10.2 Å². The summed E-state index contributed by atoms with van der Waals surface area (Å²) in [6, 6.07) is 14.5. The zero-order chi connectivity index (χ0) is 24.9. The second-order valence-corrected chi connectivity index (χ2v) is 12.4. The third-order valence-corrected chi connectivity index (χ3v) is 11.1. The number of methoxy groups -OCH3 is 1. The van der Waals surface area contributed by atoms with Crippen LogP contribution in [0.2, 0.25) is 0 Å². The van der Waals surface area contributed by atoms with Crippen molar-refractivity contribution >= 4 is 0 Å². The molecule has 192 valence electrons. The van der Waals surface area contributed by atoms with E-state index in [1.807, 2.05) is 36.4 Å². The van der Waals surface area contributed by atoms with Gasteiger partial charge in [-0.1, -0.05) is 50.2 Å². The van der Waals surface area contributed by atoms with Crippen molar-refractivity contribution in [2.45, 2.75) is 81.6 Å². The van der Waals surface area contributed by atoms with E-state index < -0.39 is 17.1 Å². The highest BCUT2D eigenvalue weighted by molar-refractivity contribution is 5.61. The largest absolute Gasteiger partial charge is 0.504 e. The van der Waals surface area contributed by atoms with Gasteiger partial charge < -0.3 is 19.7 Å². The Kier molecular flexibility index (Phi) is 4.95. The summed E-state index contributed by atoms with van der Waals surface area (Å²) < 4.78 is 13.5. The molecule has 5 aliphatic rings. The molecule has 2 aromatic carbocycles. The normalized spacial score (nSPS) is 39.4. The molecule has 7 rings (SSSR count). The molecule has 1 unspecified atom stereocenters. The topological polar surface area (TPSA) is 62.2 Å². The van der Waals surface area contributed by atoms with Gasteiger partial charge >= 0.3 is 0 Å². The SMILES string of the molecule is CC[C@]1(OC)[C@@H]2Oc3c(O)ccc4c3[C@@]23CCN(CC2CC2)[C@H](C4)C3C[C@]1(C)[C@H](O)c1ccccc1. The van der Waals surface area contributed by atoms with E-state index in [1.165, 1.54) is 30.5 Å². The number of hydrogen-bond acceptors (Lipinski definition) is 5. The highest BCUT2D eigenvalue weighted by atomic mass is 16.6. The maximum absolute atomic E-state index is 12.1. The standard InChI is InChI=1S/C31H39NO4/c1-4-31(35-3)28-30-14-15-32(18-19-10-11-19)23(16-21-12-13-24(33)26(36-28)25(21)30)22(30)17-29(31,2)27(34)20-8-6-5-7-9-20/h5-9,12-13,19,22-23,27-28,33-34H,4,10-11,14-18H2,1-3H3/t22?,23-,27-,28-,29-,30+,31+/m1/s1. The average molecular weight is 490 g/mol. The molecule has 0 radical (unpaired) electrons. The van der Waals surface area contributed by atoms with Crippen LogP contribution in [0.15, 0.2) is 42.5 Å². The molecule has 2 heterocycles. The van der Waals surface area contributed by atoms with Crippen molar-refractivity contribution in [3.05, 3.63) is 59.2 Å². The number of aromatic hydroxyl groups is 1. The number of benzene rings is 2. The van der Waals surface area contributed by atoms with E-state index in [2.05, 4.69) is 24.8 Å². The summed E-state index contributed by atoms with van der Waals surface area (Å²) in [5.74, 6) is 2.08. The molecule has 36 heavy (non-hydrogen) atoms. The third kappa shape index (κ3) is 2.72. The Morgan fingerprint density at radius 1 is 1.17 bits per heavy atom. The van der Waals surface area contributed by atoms with Gasteiger partial charge in [0.05, 0.1) is 6.10 Å². The first kappa shape index (κ1) is 23.1. The first-order chi connectivity index (χ1) is 17.4. The summed E-state index contributed by atoms with van der Waals surface area (Å²) in [6.45, 7) is 6.65. The van der Waals surface area contributed by atoms with Crippen LogP contribution in [0.1, 0.15) is 68.7 Å². The summed E-state index contributed by atoms with van der Waals surface area (Å²) in [5, 5.41) is 23.1. The summed E-state index contributed by atoms with van der Waals surface area (Å²) in [4.78, 5) is 2.76. The summed E-state index contributed by atoms with van der Waals surface area (Å²) >= 11 is 0. The molecule has 7 atom stereocenters. The molecule has 5 nitrogen and oxygen atoms in total. The molecule has 0 amide bonds. The molecule has 3 fully saturated rings. The number of piperidine rings is 1. The number of nitrogens with zero attached hydrogens (tertiary/aromatic N) is 1. The van der Waals surface area contributed by atoms with Gasteiger partial charge in [0.2, 0.25) is 0 Å². The number of phenolic OH excluding ortho intramolecular Hbond substituents is 1. The van der Waals surface area contributed by atoms with Crippen LogP contribution < -0.4 is 4.74 Å².